The number of carbonyl (C=O) groups excluding carboxylic acids is 1. The molecule has 1 aliphatic rings. The molecular formula is C15H12FN3O2. The summed E-state index contributed by atoms with van der Waals surface area (Å²) < 4.78 is 14.2. The zero-order valence-electron chi connectivity index (χ0n) is 11.0. The minimum absolute atomic E-state index is 0.108. The number of aromatic hydroxyl groups is 1. The highest BCUT2D eigenvalue weighted by molar-refractivity contribution is 6.04. The highest BCUT2D eigenvalue weighted by atomic mass is 19.1. The van der Waals surface area contributed by atoms with E-state index in [1.807, 2.05) is 0 Å². The fourth-order valence-corrected chi connectivity index (χ4v) is 2.16. The molecular weight excluding hydrogens is 273 g/mol. The molecule has 5 nitrogen and oxygen atoms in total. The molecule has 1 aromatic carbocycles. The molecule has 21 heavy (non-hydrogen) atoms. The molecule has 6 heteroatoms. The van der Waals surface area contributed by atoms with Gasteiger partial charge in [0.15, 0.2) is 0 Å². The molecule has 1 amide bonds. The Hall–Kier alpha value is -2.76. The highest BCUT2D eigenvalue weighted by Crippen LogP contribution is 2.25. The summed E-state index contributed by atoms with van der Waals surface area (Å²) in [6.45, 7) is 0. The Kier molecular flexibility index (Phi) is 3.35. The van der Waals surface area contributed by atoms with Gasteiger partial charge in [-0.1, -0.05) is 12.1 Å². The van der Waals surface area contributed by atoms with Gasteiger partial charge in [-0.05, 0) is 12.1 Å². The fraction of sp³-hybridized carbons (Fsp3) is 0.133. The van der Waals surface area contributed by atoms with Crippen molar-refractivity contribution in [1.29, 1.82) is 0 Å². The molecule has 1 aromatic heterocycles. The number of nitrogens with zero attached hydrogens (tertiary/aromatic N) is 2. The molecule has 2 heterocycles. The lowest BCUT2D eigenvalue weighted by molar-refractivity contribution is -0.121. The minimum Gasteiger partial charge on any atom is -0.493 e. The van der Waals surface area contributed by atoms with E-state index >= 15 is 0 Å². The van der Waals surface area contributed by atoms with Crippen LogP contribution in [0.15, 0.2) is 41.6 Å². The van der Waals surface area contributed by atoms with E-state index < -0.39 is 5.82 Å². The molecule has 2 N–H and O–H groups in total. The monoisotopic (exact) mass is 285 g/mol. The van der Waals surface area contributed by atoms with Gasteiger partial charge in [0.1, 0.15) is 5.82 Å². The Morgan fingerprint density at radius 2 is 1.95 bits per heavy atom. The summed E-state index contributed by atoms with van der Waals surface area (Å²) in [5, 5.41) is 13.1. The Morgan fingerprint density at radius 3 is 2.57 bits per heavy atom. The number of aromatic nitrogens is 1. The van der Waals surface area contributed by atoms with Gasteiger partial charge in [0.2, 0.25) is 11.8 Å². The smallest absolute Gasteiger partial charge is 0.240 e. The molecule has 0 saturated heterocycles. The Balaban J connectivity index is 1.93. The molecule has 0 bridgehead atoms. The largest absolute Gasteiger partial charge is 0.493 e. The first-order valence-corrected chi connectivity index (χ1v) is 6.44. The molecule has 3 rings (SSSR count). The summed E-state index contributed by atoms with van der Waals surface area (Å²) >= 11 is 0. The van der Waals surface area contributed by atoms with Crippen LogP contribution in [-0.2, 0) is 4.79 Å². The van der Waals surface area contributed by atoms with Gasteiger partial charge in [-0.15, -0.1) is 0 Å². The van der Waals surface area contributed by atoms with Gasteiger partial charge in [-0.25, -0.2) is 14.8 Å². The Bertz CT molecular complexity index is 726. The third-order valence-corrected chi connectivity index (χ3v) is 3.27. The van der Waals surface area contributed by atoms with Crippen LogP contribution < -0.4 is 5.43 Å². The number of halogens is 1. The Morgan fingerprint density at radius 1 is 1.14 bits per heavy atom. The average molecular weight is 285 g/mol. The first-order valence-electron chi connectivity index (χ1n) is 6.44. The highest BCUT2D eigenvalue weighted by Gasteiger charge is 2.15. The van der Waals surface area contributed by atoms with Crippen LogP contribution in [0.1, 0.15) is 18.4 Å². The second-order valence-corrected chi connectivity index (χ2v) is 4.69. The van der Waals surface area contributed by atoms with Crippen molar-refractivity contribution in [3.05, 3.63) is 47.9 Å². The van der Waals surface area contributed by atoms with Crippen LogP contribution in [0.4, 0.5) is 4.39 Å². The predicted octanol–water partition coefficient (Wildman–Crippen LogP) is 2.21. The van der Waals surface area contributed by atoms with Crippen LogP contribution >= 0.6 is 0 Å². The Labute approximate surface area is 120 Å². The van der Waals surface area contributed by atoms with E-state index in [0.29, 0.717) is 35.2 Å². The van der Waals surface area contributed by atoms with Gasteiger partial charge in [-0.3, -0.25) is 4.79 Å². The van der Waals surface area contributed by atoms with Crippen molar-refractivity contribution in [1.82, 2.24) is 10.4 Å². The van der Waals surface area contributed by atoms with Crippen molar-refractivity contribution in [3.63, 3.8) is 0 Å². The van der Waals surface area contributed by atoms with Crippen molar-refractivity contribution in [2.24, 2.45) is 5.10 Å². The summed E-state index contributed by atoms with van der Waals surface area (Å²) in [6.07, 6.45) is 2.25. The third-order valence-electron chi connectivity index (χ3n) is 3.27. The lowest BCUT2D eigenvalue weighted by atomic mass is 10.00. The van der Waals surface area contributed by atoms with Crippen molar-refractivity contribution in [2.75, 3.05) is 0 Å². The number of hydrazone groups is 1. The number of amides is 1. The van der Waals surface area contributed by atoms with Crippen molar-refractivity contribution in [2.45, 2.75) is 12.8 Å². The van der Waals surface area contributed by atoms with E-state index in [-0.39, 0.29) is 11.8 Å². The van der Waals surface area contributed by atoms with Gasteiger partial charge in [0.25, 0.3) is 0 Å². The summed E-state index contributed by atoms with van der Waals surface area (Å²) in [4.78, 5) is 14.8. The number of rotatable bonds is 2. The second-order valence-electron chi connectivity index (χ2n) is 4.69. The number of hydrogen-bond donors (Lipinski definition) is 2. The van der Waals surface area contributed by atoms with Gasteiger partial charge in [-0.2, -0.15) is 5.10 Å². The van der Waals surface area contributed by atoms with E-state index in [2.05, 4.69) is 15.5 Å². The first-order chi connectivity index (χ1) is 10.1. The third kappa shape index (κ3) is 2.74. The van der Waals surface area contributed by atoms with Crippen LogP contribution in [0, 0.1) is 5.82 Å². The lowest BCUT2D eigenvalue weighted by Crippen LogP contribution is -2.25. The maximum atomic E-state index is 14.2. The summed E-state index contributed by atoms with van der Waals surface area (Å²) in [5.74, 6) is -0.645. The van der Waals surface area contributed by atoms with Crippen LogP contribution in [0.5, 0.6) is 5.88 Å². The van der Waals surface area contributed by atoms with Crippen LogP contribution in [0.3, 0.4) is 0 Å². The number of nitrogens with one attached hydrogen (secondary N) is 1. The minimum atomic E-state index is -0.403. The molecule has 0 aliphatic carbocycles. The van der Waals surface area contributed by atoms with E-state index in [1.165, 1.54) is 18.3 Å². The molecule has 0 spiro atoms. The van der Waals surface area contributed by atoms with Gasteiger partial charge >= 0.3 is 0 Å². The van der Waals surface area contributed by atoms with Crippen molar-refractivity contribution in [3.8, 4) is 17.0 Å². The molecule has 0 fully saturated rings. The second kappa shape index (κ2) is 5.32. The van der Waals surface area contributed by atoms with Gasteiger partial charge < -0.3 is 5.11 Å². The summed E-state index contributed by atoms with van der Waals surface area (Å²) in [6, 6.07) is 7.78. The quantitative estimate of drug-likeness (QED) is 0.888. The fourth-order valence-electron chi connectivity index (χ4n) is 2.16. The lowest BCUT2D eigenvalue weighted by Gasteiger charge is -2.13. The number of pyridine rings is 1. The van der Waals surface area contributed by atoms with E-state index in [0.717, 1.165) is 0 Å². The molecule has 0 saturated carbocycles. The molecule has 0 radical (unpaired) electrons. The zero-order valence-corrected chi connectivity index (χ0v) is 11.0. The summed E-state index contributed by atoms with van der Waals surface area (Å²) in [5.41, 5.74) is 4.66. The van der Waals surface area contributed by atoms with E-state index in [9.17, 15) is 9.18 Å². The summed E-state index contributed by atoms with van der Waals surface area (Å²) in [7, 11) is 0. The van der Waals surface area contributed by atoms with E-state index in [4.69, 9.17) is 5.11 Å². The topological polar surface area (TPSA) is 74.6 Å². The van der Waals surface area contributed by atoms with E-state index in [1.54, 1.807) is 18.2 Å². The SMILES string of the molecule is O=C1CCC(c2ccc(-c3ccc(O)nc3)c(F)c2)=NN1. The molecule has 2 aromatic rings. The molecule has 0 atom stereocenters. The van der Waals surface area contributed by atoms with Gasteiger partial charge in [0.05, 0.1) is 5.71 Å². The maximum absolute atomic E-state index is 14.2. The molecule has 106 valence electrons. The van der Waals surface area contributed by atoms with Crippen molar-refractivity contribution < 1.29 is 14.3 Å². The molecule has 0 unspecified atom stereocenters. The molecule has 1 aliphatic heterocycles. The van der Waals surface area contributed by atoms with Crippen LogP contribution in [-0.4, -0.2) is 21.7 Å². The normalized spacial score (nSPS) is 14.5. The van der Waals surface area contributed by atoms with Crippen LogP contribution in [0.25, 0.3) is 11.1 Å². The number of benzene rings is 1. The number of hydrogen-bond acceptors (Lipinski definition) is 4. The van der Waals surface area contributed by atoms with Crippen molar-refractivity contribution >= 4 is 11.6 Å². The van der Waals surface area contributed by atoms with Gasteiger partial charge in [0, 0.05) is 41.8 Å². The standard InChI is InChI=1S/C15H12FN3O2/c16-12-7-9(13-4-6-15(21)19-18-13)1-3-11(12)10-2-5-14(20)17-8-10/h1-3,5,7-8H,4,6H2,(H,17,20)(H,19,21). The average Bonchev–Trinajstić information content (AvgIpc) is 2.49. The first kappa shape index (κ1) is 13.2. The maximum Gasteiger partial charge on any atom is 0.240 e. The predicted molar refractivity (Wildman–Crippen MR) is 75.2 cm³/mol. The zero-order chi connectivity index (χ0) is 14.8. The van der Waals surface area contributed by atoms with Crippen LogP contribution in [0.2, 0.25) is 0 Å². The number of carbonyl (C=O) groups is 1.